The second-order valence-electron chi connectivity index (χ2n) is 6.20. The molecule has 0 aromatic heterocycles. The van der Waals surface area contributed by atoms with Crippen molar-refractivity contribution in [3.05, 3.63) is 35.4 Å². The first-order valence-electron chi connectivity index (χ1n) is 8.32. The van der Waals surface area contributed by atoms with Crippen LogP contribution in [0.15, 0.2) is 24.3 Å². The molecule has 2 rings (SSSR count). The van der Waals surface area contributed by atoms with Crippen LogP contribution in [-0.2, 0) is 22.4 Å². The average molecular weight is 319 g/mol. The van der Waals surface area contributed by atoms with E-state index in [0.717, 1.165) is 37.7 Å². The Bertz CT molecular complexity index is 544. The van der Waals surface area contributed by atoms with Gasteiger partial charge in [-0.2, -0.15) is 0 Å². The molecule has 0 spiro atoms. The highest BCUT2D eigenvalue weighted by atomic mass is 16.4. The molecule has 0 aliphatic carbocycles. The Morgan fingerprint density at radius 3 is 2.52 bits per heavy atom. The lowest BCUT2D eigenvalue weighted by molar-refractivity contribution is -0.147. The van der Waals surface area contributed by atoms with Crippen LogP contribution in [0.5, 0.6) is 0 Å². The van der Waals surface area contributed by atoms with Crippen molar-refractivity contribution in [1.82, 2.24) is 5.32 Å². The zero-order valence-electron chi connectivity index (χ0n) is 13.3. The van der Waals surface area contributed by atoms with Gasteiger partial charge in [-0.15, -0.1) is 0 Å². The number of carbonyl (C=O) groups is 2. The number of aliphatic hydroxyl groups is 1. The van der Waals surface area contributed by atoms with Crippen LogP contribution in [0.3, 0.4) is 0 Å². The first kappa shape index (κ1) is 17.5. The van der Waals surface area contributed by atoms with E-state index in [0.29, 0.717) is 12.8 Å². The number of fused-ring (bicyclic) bond motifs is 1. The Labute approximate surface area is 136 Å². The minimum Gasteiger partial charge on any atom is -0.481 e. The molecule has 1 aliphatic rings. The minimum absolute atomic E-state index is 0.202. The molecule has 5 nitrogen and oxygen atoms in total. The molecule has 0 bridgehead atoms. The summed E-state index contributed by atoms with van der Waals surface area (Å²) in [6, 6.07) is 7.60. The number of rotatable bonds is 2. The molecule has 0 saturated heterocycles. The molecule has 0 saturated carbocycles. The first-order valence-corrected chi connectivity index (χ1v) is 8.32. The van der Waals surface area contributed by atoms with Crippen LogP contribution in [0.25, 0.3) is 0 Å². The Morgan fingerprint density at radius 2 is 1.83 bits per heavy atom. The van der Waals surface area contributed by atoms with Gasteiger partial charge < -0.3 is 15.5 Å². The van der Waals surface area contributed by atoms with Crippen molar-refractivity contribution in [3.8, 4) is 0 Å². The minimum atomic E-state index is -1.09. The summed E-state index contributed by atoms with van der Waals surface area (Å²) in [7, 11) is 0. The fourth-order valence-corrected chi connectivity index (χ4v) is 3.11. The molecule has 1 amide bonds. The van der Waals surface area contributed by atoms with Gasteiger partial charge in [0.2, 0.25) is 5.91 Å². The first-order chi connectivity index (χ1) is 11.1. The molecular formula is C18H25NO4. The number of hydrogen-bond donors (Lipinski definition) is 3. The maximum Gasteiger partial charge on any atom is 0.316 e. The van der Waals surface area contributed by atoms with Gasteiger partial charge in [0.1, 0.15) is 5.92 Å². The Hall–Kier alpha value is -1.88. The fourth-order valence-electron chi connectivity index (χ4n) is 3.11. The Balaban J connectivity index is 2.20. The Morgan fingerprint density at radius 1 is 1.13 bits per heavy atom. The van der Waals surface area contributed by atoms with Crippen molar-refractivity contribution in [3.63, 3.8) is 0 Å². The van der Waals surface area contributed by atoms with Crippen LogP contribution in [0, 0.1) is 5.92 Å². The molecule has 0 radical (unpaired) electrons. The summed E-state index contributed by atoms with van der Waals surface area (Å²) < 4.78 is 0. The van der Waals surface area contributed by atoms with Gasteiger partial charge >= 0.3 is 5.97 Å². The fraction of sp³-hybridized carbons (Fsp3) is 0.556. The summed E-state index contributed by atoms with van der Waals surface area (Å²) in [6.07, 6.45) is 5.60. The van der Waals surface area contributed by atoms with Crippen LogP contribution in [0.1, 0.15) is 43.2 Å². The van der Waals surface area contributed by atoms with Crippen LogP contribution >= 0.6 is 0 Å². The number of nitrogens with one attached hydrogen (secondary N) is 1. The van der Waals surface area contributed by atoms with Crippen molar-refractivity contribution in [1.29, 1.82) is 0 Å². The van der Waals surface area contributed by atoms with Gasteiger partial charge in [-0.05, 0) is 36.8 Å². The third-order valence-electron chi connectivity index (χ3n) is 4.45. The van der Waals surface area contributed by atoms with Crippen LogP contribution in [-0.4, -0.2) is 34.7 Å². The maximum absolute atomic E-state index is 12.2. The molecule has 2 atom stereocenters. The third kappa shape index (κ3) is 5.06. The lowest BCUT2D eigenvalue weighted by atomic mass is 9.96. The van der Waals surface area contributed by atoms with E-state index >= 15 is 0 Å². The third-order valence-corrected chi connectivity index (χ3v) is 4.45. The summed E-state index contributed by atoms with van der Waals surface area (Å²) in [6.45, 7) is -0.202. The number of aliphatic hydroxyl groups excluding tert-OH is 1. The number of carboxylic acid groups (broad SMARTS) is 1. The standard InChI is InChI=1S/C18H25NO4/c20-12-15-11-14-9-6-5-8-13(14)7-3-1-2-4-10-16(18(22)23)17(21)19-15/h5-6,8-9,15-16,20H,1-4,7,10-12H2,(H,19,21)(H,22,23). The molecule has 2 unspecified atom stereocenters. The quantitative estimate of drug-likeness (QED) is 0.727. The highest BCUT2D eigenvalue weighted by molar-refractivity contribution is 5.97. The number of carboxylic acids is 1. The predicted molar refractivity (Wildman–Crippen MR) is 87.1 cm³/mol. The number of amides is 1. The predicted octanol–water partition coefficient (Wildman–Crippen LogP) is 1.91. The summed E-state index contributed by atoms with van der Waals surface area (Å²) >= 11 is 0. The molecule has 1 aliphatic heterocycles. The lowest BCUT2D eigenvalue weighted by Crippen LogP contribution is -2.44. The van der Waals surface area contributed by atoms with Crippen molar-refractivity contribution >= 4 is 11.9 Å². The van der Waals surface area contributed by atoms with E-state index in [-0.39, 0.29) is 6.61 Å². The number of benzene rings is 1. The van der Waals surface area contributed by atoms with Gasteiger partial charge in [0.25, 0.3) is 0 Å². The number of hydrogen-bond acceptors (Lipinski definition) is 3. The lowest BCUT2D eigenvalue weighted by Gasteiger charge is -2.20. The molecular weight excluding hydrogens is 294 g/mol. The van der Waals surface area contributed by atoms with Gasteiger partial charge in [0.05, 0.1) is 12.6 Å². The maximum atomic E-state index is 12.2. The van der Waals surface area contributed by atoms with E-state index in [1.165, 1.54) is 5.56 Å². The van der Waals surface area contributed by atoms with E-state index in [1.54, 1.807) is 0 Å². The summed E-state index contributed by atoms with van der Waals surface area (Å²) in [5, 5.41) is 21.5. The van der Waals surface area contributed by atoms with Gasteiger partial charge in [-0.25, -0.2) is 0 Å². The Kier molecular flexibility index (Phi) is 6.59. The highest BCUT2D eigenvalue weighted by Crippen LogP contribution is 2.18. The summed E-state index contributed by atoms with van der Waals surface area (Å²) in [5.74, 6) is -2.61. The smallest absolute Gasteiger partial charge is 0.316 e. The van der Waals surface area contributed by atoms with E-state index in [4.69, 9.17) is 0 Å². The molecule has 126 valence electrons. The van der Waals surface area contributed by atoms with Crippen molar-refractivity contribution in [2.24, 2.45) is 5.92 Å². The molecule has 3 N–H and O–H groups in total. The molecule has 1 aromatic rings. The monoisotopic (exact) mass is 319 g/mol. The topological polar surface area (TPSA) is 86.6 Å². The average Bonchev–Trinajstić information content (AvgIpc) is 2.54. The van der Waals surface area contributed by atoms with E-state index in [1.807, 2.05) is 18.2 Å². The summed E-state index contributed by atoms with van der Waals surface area (Å²) in [4.78, 5) is 23.6. The SMILES string of the molecule is O=C(O)C1CCCCCCc2ccccc2CC(CO)NC1=O. The molecule has 1 heterocycles. The van der Waals surface area contributed by atoms with E-state index in [9.17, 15) is 19.8 Å². The van der Waals surface area contributed by atoms with Gasteiger partial charge in [0.15, 0.2) is 0 Å². The molecule has 1 aromatic carbocycles. The summed E-state index contributed by atoms with van der Waals surface area (Å²) in [5.41, 5.74) is 2.35. The second-order valence-corrected chi connectivity index (χ2v) is 6.20. The van der Waals surface area contributed by atoms with Gasteiger partial charge in [-0.1, -0.05) is 43.5 Å². The van der Waals surface area contributed by atoms with E-state index < -0.39 is 23.8 Å². The van der Waals surface area contributed by atoms with E-state index in [2.05, 4.69) is 11.4 Å². The molecule has 0 fully saturated rings. The largest absolute Gasteiger partial charge is 0.481 e. The van der Waals surface area contributed by atoms with Gasteiger partial charge in [0, 0.05) is 0 Å². The number of carbonyl (C=O) groups excluding carboxylic acids is 1. The molecule has 5 heteroatoms. The zero-order valence-corrected chi connectivity index (χ0v) is 13.3. The van der Waals surface area contributed by atoms with Crippen LogP contribution in [0.4, 0.5) is 0 Å². The normalized spacial score (nSPS) is 23.6. The van der Waals surface area contributed by atoms with Crippen molar-refractivity contribution < 1.29 is 19.8 Å². The van der Waals surface area contributed by atoms with Crippen LogP contribution in [0.2, 0.25) is 0 Å². The highest BCUT2D eigenvalue weighted by Gasteiger charge is 2.27. The molecule has 23 heavy (non-hydrogen) atoms. The van der Waals surface area contributed by atoms with Crippen LogP contribution < -0.4 is 5.32 Å². The van der Waals surface area contributed by atoms with Crippen molar-refractivity contribution in [2.75, 3.05) is 6.61 Å². The van der Waals surface area contributed by atoms with Gasteiger partial charge in [-0.3, -0.25) is 9.59 Å². The number of aliphatic carboxylic acids is 1. The second kappa shape index (κ2) is 8.67. The zero-order chi connectivity index (χ0) is 16.7. The number of aryl methyl sites for hydroxylation is 1. The van der Waals surface area contributed by atoms with Crippen molar-refractivity contribution in [2.45, 2.75) is 51.0 Å².